The number of carbonyl (C=O) groups is 1. The molecule has 2 atom stereocenters. The van der Waals surface area contributed by atoms with Crippen molar-refractivity contribution in [3.05, 3.63) is 23.2 Å². The average molecular weight is 247 g/mol. The highest BCUT2D eigenvalue weighted by Crippen LogP contribution is 2.18. The fourth-order valence-corrected chi connectivity index (χ4v) is 1.16. The number of hydrogen-bond donors (Lipinski definition) is 2. The predicted octanol–water partition coefficient (Wildman–Crippen LogP) is 0.0874. The maximum Gasteiger partial charge on any atom is 0.308 e. The summed E-state index contributed by atoms with van der Waals surface area (Å²) in [5.74, 6) is -0.610. The zero-order chi connectivity index (χ0) is 12.1. The highest BCUT2D eigenvalue weighted by Gasteiger charge is 2.22. The molecule has 0 saturated carbocycles. The molecule has 6 nitrogen and oxygen atoms in total. The zero-order valence-corrected chi connectivity index (χ0v) is 9.26. The summed E-state index contributed by atoms with van der Waals surface area (Å²) in [7, 11) is 1.20. The minimum atomic E-state index is -1.27. The van der Waals surface area contributed by atoms with Crippen LogP contribution in [0, 0.1) is 0 Å². The van der Waals surface area contributed by atoms with E-state index in [1.54, 1.807) is 0 Å². The minimum Gasteiger partial charge on any atom is -0.469 e. The van der Waals surface area contributed by atoms with Crippen molar-refractivity contribution < 1.29 is 19.7 Å². The van der Waals surface area contributed by atoms with Crippen molar-refractivity contribution in [2.45, 2.75) is 18.6 Å². The van der Waals surface area contributed by atoms with Gasteiger partial charge in [-0.25, -0.2) is 9.97 Å². The lowest BCUT2D eigenvalue weighted by molar-refractivity contribution is -0.144. The van der Waals surface area contributed by atoms with E-state index in [0.717, 1.165) is 0 Å². The van der Waals surface area contributed by atoms with E-state index in [2.05, 4.69) is 14.7 Å². The Bertz CT molecular complexity index is 357. The lowest BCUT2D eigenvalue weighted by Crippen LogP contribution is -2.22. The molecule has 0 saturated heterocycles. The van der Waals surface area contributed by atoms with Crippen LogP contribution in [0.2, 0.25) is 5.28 Å². The highest BCUT2D eigenvalue weighted by molar-refractivity contribution is 6.28. The van der Waals surface area contributed by atoms with Gasteiger partial charge >= 0.3 is 5.97 Å². The second kappa shape index (κ2) is 5.74. The first kappa shape index (κ1) is 12.8. The third kappa shape index (κ3) is 3.41. The number of ether oxygens (including phenoxy) is 1. The maximum absolute atomic E-state index is 10.9. The topological polar surface area (TPSA) is 92.5 Å². The molecular weight excluding hydrogens is 236 g/mol. The van der Waals surface area contributed by atoms with Gasteiger partial charge in [-0.1, -0.05) is 0 Å². The average Bonchev–Trinajstić information content (AvgIpc) is 2.28. The van der Waals surface area contributed by atoms with Crippen molar-refractivity contribution >= 4 is 17.6 Å². The maximum atomic E-state index is 10.9. The molecule has 0 bridgehead atoms. The number of aliphatic hydroxyl groups excluding tert-OH is 2. The number of hydrogen-bond acceptors (Lipinski definition) is 6. The summed E-state index contributed by atoms with van der Waals surface area (Å²) in [6, 6.07) is 0. The van der Waals surface area contributed by atoms with Gasteiger partial charge in [0.15, 0.2) is 0 Å². The van der Waals surface area contributed by atoms with Crippen molar-refractivity contribution in [3.8, 4) is 0 Å². The Morgan fingerprint density at radius 3 is 2.56 bits per heavy atom. The van der Waals surface area contributed by atoms with Crippen LogP contribution in [-0.4, -0.2) is 39.4 Å². The molecule has 2 unspecified atom stereocenters. The first-order chi connectivity index (χ1) is 7.54. The zero-order valence-electron chi connectivity index (χ0n) is 8.50. The lowest BCUT2D eigenvalue weighted by Gasteiger charge is -2.16. The highest BCUT2D eigenvalue weighted by atomic mass is 35.5. The quantitative estimate of drug-likeness (QED) is 0.578. The summed E-state index contributed by atoms with van der Waals surface area (Å²) in [5, 5.41) is 19.2. The smallest absolute Gasteiger partial charge is 0.308 e. The standard InChI is InChI=1S/C9H11ClN2O4/c1-16-7(14)2-6(13)8(15)5-3-11-9(10)12-4-5/h3-4,6,8,13,15H,2H2,1H3. The first-order valence-electron chi connectivity index (χ1n) is 4.45. The van der Waals surface area contributed by atoms with Crippen LogP contribution in [-0.2, 0) is 9.53 Å². The third-order valence-electron chi connectivity index (χ3n) is 1.95. The minimum absolute atomic E-state index is 0.0402. The Hall–Kier alpha value is -1.24. The largest absolute Gasteiger partial charge is 0.469 e. The van der Waals surface area contributed by atoms with E-state index in [0.29, 0.717) is 0 Å². The van der Waals surface area contributed by atoms with Crippen molar-refractivity contribution in [3.63, 3.8) is 0 Å². The number of esters is 1. The van der Waals surface area contributed by atoms with E-state index in [9.17, 15) is 15.0 Å². The van der Waals surface area contributed by atoms with Crippen LogP contribution in [0.15, 0.2) is 12.4 Å². The SMILES string of the molecule is COC(=O)CC(O)C(O)c1cnc(Cl)nc1. The van der Waals surface area contributed by atoms with E-state index in [4.69, 9.17) is 11.6 Å². The van der Waals surface area contributed by atoms with Crippen molar-refractivity contribution in [1.82, 2.24) is 9.97 Å². The summed E-state index contributed by atoms with van der Waals surface area (Å²) in [6.07, 6.45) is -0.269. The molecule has 2 N–H and O–H groups in total. The molecule has 1 aromatic heterocycles. The van der Waals surface area contributed by atoms with Crippen LogP contribution in [0.1, 0.15) is 18.1 Å². The number of rotatable bonds is 4. The number of carbonyl (C=O) groups excluding carboxylic acids is 1. The van der Waals surface area contributed by atoms with Gasteiger partial charge in [-0.3, -0.25) is 4.79 Å². The normalized spacial score (nSPS) is 14.2. The van der Waals surface area contributed by atoms with E-state index in [-0.39, 0.29) is 17.3 Å². The van der Waals surface area contributed by atoms with Gasteiger partial charge in [0, 0.05) is 18.0 Å². The van der Waals surface area contributed by atoms with Crippen LogP contribution in [0.25, 0.3) is 0 Å². The van der Waals surface area contributed by atoms with Gasteiger partial charge in [0.2, 0.25) is 5.28 Å². The van der Waals surface area contributed by atoms with Gasteiger partial charge < -0.3 is 14.9 Å². The predicted molar refractivity (Wildman–Crippen MR) is 54.6 cm³/mol. The molecule has 0 aliphatic carbocycles. The molecule has 0 radical (unpaired) electrons. The molecule has 0 aromatic carbocycles. The van der Waals surface area contributed by atoms with Crippen LogP contribution in [0.5, 0.6) is 0 Å². The van der Waals surface area contributed by atoms with Crippen LogP contribution < -0.4 is 0 Å². The summed E-state index contributed by atoms with van der Waals surface area (Å²) in [6.45, 7) is 0. The monoisotopic (exact) mass is 246 g/mol. The molecule has 1 heterocycles. The first-order valence-corrected chi connectivity index (χ1v) is 4.82. The molecule has 16 heavy (non-hydrogen) atoms. The van der Waals surface area contributed by atoms with Crippen LogP contribution in [0.4, 0.5) is 0 Å². The second-order valence-corrected chi connectivity index (χ2v) is 3.42. The van der Waals surface area contributed by atoms with E-state index in [1.807, 2.05) is 0 Å². The van der Waals surface area contributed by atoms with Crippen molar-refractivity contribution in [1.29, 1.82) is 0 Å². The second-order valence-electron chi connectivity index (χ2n) is 3.08. The van der Waals surface area contributed by atoms with Crippen LogP contribution >= 0.6 is 11.6 Å². The number of aliphatic hydroxyl groups is 2. The van der Waals surface area contributed by atoms with Crippen molar-refractivity contribution in [2.75, 3.05) is 7.11 Å². The molecule has 0 aliphatic rings. The molecule has 0 aliphatic heterocycles. The van der Waals surface area contributed by atoms with Gasteiger partial charge in [0.25, 0.3) is 0 Å². The van der Waals surface area contributed by atoms with Gasteiger partial charge in [0.1, 0.15) is 6.10 Å². The molecule has 0 fully saturated rings. The lowest BCUT2D eigenvalue weighted by atomic mass is 10.1. The Morgan fingerprint density at radius 1 is 1.50 bits per heavy atom. The van der Waals surface area contributed by atoms with Gasteiger partial charge in [-0.05, 0) is 11.6 Å². The Labute approximate surface area is 96.9 Å². The molecular formula is C9H11ClN2O4. The summed E-state index contributed by atoms with van der Waals surface area (Å²) >= 11 is 5.46. The van der Waals surface area contributed by atoms with Gasteiger partial charge in [-0.2, -0.15) is 0 Å². The summed E-state index contributed by atoms with van der Waals surface area (Å²) in [5.41, 5.74) is 0.279. The molecule has 1 rings (SSSR count). The molecule has 7 heteroatoms. The van der Waals surface area contributed by atoms with E-state index in [1.165, 1.54) is 19.5 Å². The van der Waals surface area contributed by atoms with E-state index < -0.39 is 18.2 Å². The Morgan fingerprint density at radius 2 is 2.06 bits per heavy atom. The van der Waals surface area contributed by atoms with Gasteiger partial charge in [-0.15, -0.1) is 0 Å². The number of nitrogens with zero attached hydrogens (tertiary/aromatic N) is 2. The fraction of sp³-hybridized carbons (Fsp3) is 0.444. The van der Waals surface area contributed by atoms with E-state index >= 15 is 0 Å². The summed E-state index contributed by atoms with van der Waals surface area (Å²) < 4.78 is 4.36. The number of halogens is 1. The molecule has 0 spiro atoms. The Balaban J connectivity index is 2.66. The third-order valence-corrected chi connectivity index (χ3v) is 2.14. The van der Waals surface area contributed by atoms with Crippen molar-refractivity contribution in [2.24, 2.45) is 0 Å². The fourth-order valence-electron chi connectivity index (χ4n) is 1.06. The van der Waals surface area contributed by atoms with Crippen LogP contribution in [0.3, 0.4) is 0 Å². The summed E-state index contributed by atoms with van der Waals surface area (Å²) in [4.78, 5) is 18.2. The molecule has 0 amide bonds. The van der Waals surface area contributed by atoms with Gasteiger partial charge in [0.05, 0.1) is 19.6 Å². The molecule has 88 valence electrons. The number of aromatic nitrogens is 2. The number of methoxy groups -OCH3 is 1. The molecule has 1 aromatic rings. The Kier molecular flexibility index (Phi) is 4.60.